The lowest BCUT2D eigenvalue weighted by atomic mass is 10.1. The molecule has 0 bridgehead atoms. The number of carboxylic acids is 1. The Morgan fingerprint density at radius 3 is 2.83 bits per heavy atom. The maximum atomic E-state index is 10.7. The lowest BCUT2D eigenvalue weighted by Gasteiger charge is -2.32. The van der Waals surface area contributed by atoms with Crippen molar-refractivity contribution < 1.29 is 14.6 Å². The third-order valence-corrected chi connectivity index (χ3v) is 3.20. The van der Waals surface area contributed by atoms with Crippen LogP contribution in [0.1, 0.15) is 12.0 Å². The van der Waals surface area contributed by atoms with Crippen LogP contribution in [-0.4, -0.2) is 41.8 Å². The molecular formula is C13H16ClNO3. The van der Waals surface area contributed by atoms with Crippen molar-refractivity contribution >= 4 is 17.6 Å². The van der Waals surface area contributed by atoms with E-state index in [1.807, 2.05) is 24.3 Å². The third kappa shape index (κ3) is 3.98. The van der Waals surface area contributed by atoms with Gasteiger partial charge in [-0.15, -0.1) is 0 Å². The van der Waals surface area contributed by atoms with Gasteiger partial charge in [0.05, 0.1) is 19.1 Å². The van der Waals surface area contributed by atoms with Crippen LogP contribution in [0.2, 0.25) is 5.02 Å². The number of halogens is 1. The minimum atomic E-state index is -0.812. The Bertz CT molecular complexity index is 407. The highest BCUT2D eigenvalue weighted by Crippen LogP contribution is 2.14. The molecule has 0 amide bonds. The summed E-state index contributed by atoms with van der Waals surface area (Å²) in [6, 6.07) is 7.71. The SMILES string of the molecule is O=C(O)CC1CN(Cc2ccc(Cl)cc2)CCO1. The summed E-state index contributed by atoms with van der Waals surface area (Å²) in [6.45, 7) is 2.88. The van der Waals surface area contributed by atoms with E-state index >= 15 is 0 Å². The number of hydrogen-bond acceptors (Lipinski definition) is 3. The monoisotopic (exact) mass is 269 g/mol. The largest absolute Gasteiger partial charge is 0.481 e. The first-order valence-electron chi connectivity index (χ1n) is 5.93. The number of nitrogens with zero attached hydrogens (tertiary/aromatic N) is 1. The molecule has 5 heteroatoms. The van der Waals surface area contributed by atoms with Crippen molar-refractivity contribution in [2.75, 3.05) is 19.7 Å². The van der Waals surface area contributed by atoms with Gasteiger partial charge in [0.1, 0.15) is 0 Å². The summed E-state index contributed by atoms with van der Waals surface area (Å²) in [5.74, 6) is -0.812. The molecule has 1 unspecified atom stereocenters. The van der Waals surface area contributed by atoms with Crippen molar-refractivity contribution in [3.05, 3.63) is 34.9 Å². The predicted octanol–water partition coefficient (Wildman–Crippen LogP) is 2.02. The number of carbonyl (C=O) groups is 1. The van der Waals surface area contributed by atoms with Gasteiger partial charge < -0.3 is 9.84 Å². The standard InChI is InChI=1S/C13H16ClNO3/c14-11-3-1-10(2-4-11)8-15-5-6-18-12(9-15)7-13(16)17/h1-4,12H,5-9H2,(H,16,17). The van der Waals surface area contributed by atoms with Crippen molar-refractivity contribution in [3.8, 4) is 0 Å². The Hall–Kier alpha value is -1.10. The molecule has 1 aliphatic rings. The van der Waals surface area contributed by atoms with Gasteiger partial charge in [0.25, 0.3) is 0 Å². The van der Waals surface area contributed by atoms with E-state index in [2.05, 4.69) is 4.90 Å². The molecule has 1 aliphatic heterocycles. The van der Waals surface area contributed by atoms with Crippen molar-refractivity contribution in [2.45, 2.75) is 19.1 Å². The quantitative estimate of drug-likeness (QED) is 0.909. The molecule has 0 saturated carbocycles. The average Bonchev–Trinajstić information content (AvgIpc) is 2.32. The lowest BCUT2D eigenvalue weighted by Crippen LogP contribution is -2.42. The molecule has 4 nitrogen and oxygen atoms in total. The molecule has 0 radical (unpaired) electrons. The van der Waals surface area contributed by atoms with Gasteiger partial charge in [-0.1, -0.05) is 23.7 Å². The minimum Gasteiger partial charge on any atom is -0.481 e. The van der Waals surface area contributed by atoms with Crippen LogP contribution in [-0.2, 0) is 16.1 Å². The predicted molar refractivity (Wildman–Crippen MR) is 68.7 cm³/mol. The van der Waals surface area contributed by atoms with Gasteiger partial charge in [-0.05, 0) is 17.7 Å². The molecule has 1 aromatic carbocycles. The number of morpholine rings is 1. The van der Waals surface area contributed by atoms with E-state index < -0.39 is 5.97 Å². The molecule has 1 aromatic rings. The zero-order chi connectivity index (χ0) is 13.0. The number of aliphatic carboxylic acids is 1. The van der Waals surface area contributed by atoms with E-state index in [4.69, 9.17) is 21.4 Å². The molecule has 1 fully saturated rings. The van der Waals surface area contributed by atoms with Crippen LogP contribution in [0, 0.1) is 0 Å². The number of ether oxygens (including phenoxy) is 1. The van der Waals surface area contributed by atoms with Crippen LogP contribution in [0.5, 0.6) is 0 Å². The summed E-state index contributed by atoms with van der Waals surface area (Å²) in [6.07, 6.45) is -0.138. The zero-order valence-corrected chi connectivity index (χ0v) is 10.8. The molecule has 1 heterocycles. The molecule has 2 rings (SSSR count). The number of carboxylic acid groups (broad SMARTS) is 1. The van der Waals surface area contributed by atoms with Crippen molar-refractivity contribution in [2.24, 2.45) is 0 Å². The Kier molecular flexibility index (Phi) is 4.58. The summed E-state index contributed by atoms with van der Waals surface area (Å²) in [7, 11) is 0. The van der Waals surface area contributed by atoms with Crippen LogP contribution in [0.15, 0.2) is 24.3 Å². The normalized spacial score (nSPS) is 20.8. The summed E-state index contributed by atoms with van der Waals surface area (Å²) in [4.78, 5) is 12.9. The summed E-state index contributed by atoms with van der Waals surface area (Å²) < 4.78 is 5.43. The minimum absolute atomic E-state index is 0.0666. The van der Waals surface area contributed by atoms with E-state index in [1.165, 1.54) is 5.56 Å². The van der Waals surface area contributed by atoms with Crippen LogP contribution in [0.25, 0.3) is 0 Å². The van der Waals surface area contributed by atoms with Crippen LogP contribution in [0.3, 0.4) is 0 Å². The van der Waals surface area contributed by atoms with E-state index in [0.717, 1.165) is 18.1 Å². The zero-order valence-electron chi connectivity index (χ0n) is 10.0. The summed E-state index contributed by atoms with van der Waals surface area (Å²) in [5, 5.41) is 9.49. The van der Waals surface area contributed by atoms with Gasteiger partial charge in [0.15, 0.2) is 0 Å². The van der Waals surface area contributed by atoms with E-state index in [1.54, 1.807) is 0 Å². The van der Waals surface area contributed by atoms with Crippen LogP contribution < -0.4 is 0 Å². The van der Waals surface area contributed by atoms with Crippen molar-refractivity contribution in [1.29, 1.82) is 0 Å². The molecule has 1 atom stereocenters. The maximum Gasteiger partial charge on any atom is 0.306 e. The lowest BCUT2D eigenvalue weighted by molar-refractivity contribution is -0.142. The Balaban J connectivity index is 1.89. The first-order chi connectivity index (χ1) is 8.63. The highest BCUT2D eigenvalue weighted by atomic mass is 35.5. The summed E-state index contributed by atoms with van der Waals surface area (Å²) in [5.41, 5.74) is 1.18. The Morgan fingerprint density at radius 2 is 2.17 bits per heavy atom. The van der Waals surface area contributed by atoms with Gasteiger partial charge in [-0.2, -0.15) is 0 Å². The summed E-state index contributed by atoms with van der Waals surface area (Å²) >= 11 is 5.84. The van der Waals surface area contributed by atoms with Gasteiger partial charge in [0, 0.05) is 24.7 Å². The maximum absolute atomic E-state index is 10.7. The molecule has 18 heavy (non-hydrogen) atoms. The Labute approximate surface area is 111 Å². The fourth-order valence-electron chi connectivity index (χ4n) is 2.09. The third-order valence-electron chi connectivity index (χ3n) is 2.94. The molecule has 0 spiro atoms. The highest BCUT2D eigenvalue weighted by Gasteiger charge is 2.22. The number of hydrogen-bond donors (Lipinski definition) is 1. The highest BCUT2D eigenvalue weighted by molar-refractivity contribution is 6.30. The van der Waals surface area contributed by atoms with Crippen molar-refractivity contribution in [3.63, 3.8) is 0 Å². The smallest absolute Gasteiger partial charge is 0.306 e. The van der Waals surface area contributed by atoms with E-state index in [-0.39, 0.29) is 12.5 Å². The number of rotatable bonds is 4. The fraction of sp³-hybridized carbons (Fsp3) is 0.462. The van der Waals surface area contributed by atoms with E-state index in [0.29, 0.717) is 13.2 Å². The van der Waals surface area contributed by atoms with E-state index in [9.17, 15) is 4.79 Å². The molecule has 1 saturated heterocycles. The first kappa shape index (κ1) is 13.3. The molecule has 98 valence electrons. The topological polar surface area (TPSA) is 49.8 Å². The second kappa shape index (κ2) is 6.18. The van der Waals surface area contributed by atoms with Crippen molar-refractivity contribution in [1.82, 2.24) is 4.90 Å². The first-order valence-corrected chi connectivity index (χ1v) is 6.31. The van der Waals surface area contributed by atoms with Crippen LogP contribution >= 0.6 is 11.6 Å². The molecule has 1 N–H and O–H groups in total. The average molecular weight is 270 g/mol. The van der Waals surface area contributed by atoms with Gasteiger partial charge >= 0.3 is 5.97 Å². The second-order valence-electron chi connectivity index (χ2n) is 4.45. The van der Waals surface area contributed by atoms with Gasteiger partial charge in [0.2, 0.25) is 0 Å². The van der Waals surface area contributed by atoms with Gasteiger partial charge in [-0.3, -0.25) is 9.69 Å². The van der Waals surface area contributed by atoms with Crippen LogP contribution in [0.4, 0.5) is 0 Å². The van der Waals surface area contributed by atoms with Gasteiger partial charge in [-0.25, -0.2) is 0 Å². The molecule has 0 aromatic heterocycles. The molecule has 0 aliphatic carbocycles. The molecular weight excluding hydrogens is 254 g/mol. The second-order valence-corrected chi connectivity index (χ2v) is 4.89. The number of benzene rings is 1. The Morgan fingerprint density at radius 1 is 1.44 bits per heavy atom. The fourth-order valence-corrected chi connectivity index (χ4v) is 2.22.